The van der Waals surface area contributed by atoms with Crippen LogP contribution < -0.4 is 5.32 Å². The van der Waals surface area contributed by atoms with E-state index in [1.165, 1.54) is 7.11 Å². The molecule has 0 saturated carbocycles. The van der Waals surface area contributed by atoms with Gasteiger partial charge in [-0.25, -0.2) is 19.8 Å². The summed E-state index contributed by atoms with van der Waals surface area (Å²) in [4.78, 5) is 38.9. The molecule has 10 heteroatoms. The molecule has 6 aliphatic rings. The Balaban J connectivity index is 1.63. The van der Waals surface area contributed by atoms with Crippen LogP contribution in [0.2, 0.25) is 0 Å². The zero-order chi connectivity index (χ0) is 32.3. The van der Waals surface area contributed by atoms with Crippen molar-refractivity contribution in [3.63, 3.8) is 0 Å². The van der Waals surface area contributed by atoms with Crippen LogP contribution in [-0.2, 0) is 14.3 Å². The highest BCUT2D eigenvalue weighted by Crippen LogP contribution is 2.47. The van der Waals surface area contributed by atoms with E-state index in [1.54, 1.807) is 6.08 Å². The molecule has 1 fully saturated rings. The Morgan fingerprint density at radius 1 is 1.07 bits per heavy atom. The maximum Gasteiger partial charge on any atom is 0.328 e. The Bertz CT molecular complexity index is 1870. The number of esters is 1. The number of hydrogen-bond donors (Lipinski definition) is 3. The van der Waals surface area contributed by atoms with Gasteiger partial charge in [-0.05, 0) is 90.1 Å². The van der Waals surface area contributed by atoms with Gasteiger partial charge in [-0.1, -0.05) is 13.8 Å². The molecule has 232 valence electrons. The highest BCUT2D eigenvalue weighted by Gasteiger charge is 2.42. The van der Waals surface area contributed by atoms with Gasteiger partial charge in [0.25, 0.3) is 0 Å². The van der Waals surface area contributed by atoms with Crippen LogP contribution in [0.15, 0.2) is 117 Å². The van der Waals surface area contributed by atoms with Crippen LogP contribution in [0.3, 0.4) is 0 Å². The Morgan fingerprint density at radius 3 is 2.51 bits per heavy atom. The van der Waals surface area contributed by atoms with E-state index in [4.69, 9.17) is 19.7 Å². The average molecular weight is 672 g/mol. The number of carbonyl (C=O) groups is 2. The lowest BCUT2D eigenvalue weighted by molar-refractivity contribution is -0.141. The molecule has 0 radical (unpaired) electrons. The van der Waals surface area contributed by atoms with Gasteiger partial charge < -0.3 is 20.3 Å². The zero-order valence-corrected chi connectivity index (χ0v) is 27.7. The molecule has 0 unspecified atom stereocenters. The third-order valence-electron chi connectivity index (χ3n) is 9.45. The van der Waals surface area contributed by atoms with Gasteiger partial charge in [0.15, 0.2) is 0 Å². The Labute approximate surface area is 270 Å². The molecule has 3 N–H and O–H groups in total. The van der Waals surface area contributed by atoms with Crippen molar-refractivity contribution < 1.29 is 24.5 Å². The molecule has 0 spiro atoms. The number of rotatable bonds is 6. The summed E-state index contributed by atoms with van der Waals surface area (Å²) in [6, 6.07) is 0. The average Bonchev–Trinajstić information content (AvgIpc) is 3.76. The summed E-state index contributed by atoms with van der Waals surface area (Å²) < 4.78 is 5.72. The maximum atomic E-state index is 12.3. The number of ether oxygens (including phenoxy) is 1. The minimum absolute atomic E-state index is 0.0507. The largest absolute Gasteiger partial charge is 0.511 e. The van der Waals surface area contributed by atoms with Crippen molar-refractivity contribution in [2.75, 3.05) is 7.11 Å². The first kappa shape index (κ1) is 30.7. The molecule has 0 amide bonds. The number of fused-ring (bicyclic) bond motifs is 5. The molecule has 6 rings (SSSR count). The van der Waals surface area contributed by atoms with Gasteiger partial charge in [0, 0.05) is 58.9 Å². The van der Waals surface area contributed by atoms with E-state index in [9.17, 15) is 19.8 Å². The molecule has 2 atom stereocenters. The summed E-state index contributed by atoms with van der Waals surface area (Å²) in [5.74, 6) is -1.18. The smallest absolute Gasteiger partial charge is 0.328 e. The molecule has 0 aromatic heterocycles. The fourth-order valence-corrected chi connectivity index (χ4v) is 7.81. The first-order chi connectivity index (χ1) is 21.4. The standard InChI is InChI=1S/C35H35BrN4O5/c1-7-19-15(2)23-13-26-20(8-10-28(42)43)16(3)32(39-26)31(36)33-17(4)21(9-11-29(44)45-6)34(40-33)22-12-27(41)30-18(5)24(38-35(22)30)14-25(19)37-23/h8,10,13-14,17,21,40-41H,7,9,11-12H2,1-6H3,(H,42,43)/b10-8-,25-14?,26-13?,33-31?,34-22?/t17-,21-/m0/s1. The molecule has 1 saturated heterocycles. The monoisotopic (exact) mass is 670 g/mol. The van der Waals surface area contributed by atoms with E-state index in [-0.39, 0.29) is 30.0 Å². The lowest BCUT2D eigenvalue weighted by Gasteiger charge is -2.17. The summed E-state index contributed by atoms with van der Waals surface area (Å²) in [5.41, 5.74) is 12.4. The van der Waals surface area contributed by atoms with E-state index >= 15 is 0 Å². The highest BCUT2D eigenvalue weighted by molar-refractivity contribution is 9.12. The van der Waals surface area contributed by atoms with Crippen molar-refractivity contribution in [2.24, 2.45) is 26.8 Å². The number of nitrogens with one attached hydrogen (secondary N) is 1. The Kier molecular flexibility index (Phi) is 7.89. The van der Waals surface area contributed by atoms with Crippen LogP contribution >= 0.6 is 15.9 Å². The number of aliphatic carboxylic acids is 1. The number of aliphatic imine (C=N–C) groups is 3. The summed E-state index contributed by atoms with van der Waals surface area (Å²) in [5, 5.41) is 24.4. The molecule has 9 nitrogen and oxygen atoms in total. The molecule has 0 aromatic rings. The van der Waals surface area contributed by atoms with E-state index in [1.807, 2.05) is 32.9 Å². The van der Waals surface area contributed by atoms with Crippen molar-refractivity contribution in [1.82, 2.24) is 5.32 Å². The number of aliphatic hydroxyl groups excluding tert-OH is 1. The van der Waals surface area contributed by atoms with Crippen LogP contribution in [0.25, 0.3) is 0 Å². The summed E-state index contributed by atoms with van der Waals surface area (Å²) in [6.07, 6.45) is 8.49. The number of hydrogen-bond acceptors (Lipinski definition) is 8. The zero-order valence-electron chi connectivity index (χ0n) is 26.1. The third kappa shape index (κ3) is 5.05. The molecular formula is C35H35BrN4O5. The predicted molar refractivity (Wildman–Crippen MR) is 178 cm³/mol. The molecule has 8 bridgehead atoms. The van der Waals surface area contributed by atoms with Gasteiger partial charge in [0.2, 0.25) is 0 Å². The number of carboxylic acids is 1. The van der Waals surface area contributed by atoms with Crippen LogP contribution in [0.4, 0.5) is 0 Å². The molecule has 5 aliphatic heterocycles. The van der Waals surface area contributed by atoms with Crippen molar-refractivity contribution in [1.29, 1.82) is 0 Å². The van der Waals surface area contributed by atoms with Gasteiger partial charge in [-0.2, -0.15) is 0 Å². The lowest BCUT2D eigenvalue weighted by Crippen LogP contribution is -2.16. The van der Waals surface area contributed by atoms with Crippen molar-refractivity contribution in [3.05, 3.63) is 102 Å². The first-order valence-electron chi connectivity index (χ1n) is 15.1. The van der Waals surface area contributed by atoms with E-state index in [2.05, 4.69) is 35.1 Å². The number of carboxylic acid groups (broad SMARTS) is 1. The first-order valence-corrected chi connectivity index (χ1v) is 15.9. The number of methoxy groups -OCH3 is 1. The molecule has 0 aromatic carbocycles. The van der Waals surface area contributed by atoms with Crippen molar-refractivity contribution in [2.45, 2.75) is 60.3 Å². The predicted octanol–water partition coefficient (Wildman–Crippen LogP) is 6.97. The quantitative estimate of drug-likeness (QED) is 0.206. The Morgan fingerprint density at radius 2 is 1.82 bits per heavy atom. The second kappa shape index (κ2) is 11.6. The summed E-state index contributed by atoms with van der Waals surface area (Å²) in [6.45, 7) is 10.1. The topological polar surface area (TPSA) is 133 Å². The molecule has 45 heavy (non-hydrogen) atoms. The molecule has 5 heterocycles. The second-order valence-electron chi connectivity index (χ2n) is 11.9. The second-order valence-corrected chi connectivity index (χ2v) is 12.7. The number of allylic oxidation sites excluding steroid dienone is 12. The van der Waals surface area contributed by atoms with Gasteiger partial charge in [0.1, 0.15) is 5.76 Å². The Hall–Kier alpha value is -4.31. The van der Waals surface area contributed by atoms with E-state index in [0.29, 0.717) is 29.8 Å². The van der Waals surface area contributed by atoms with Gasteiger partial charge in [-0.3, -0.25) is 4.79 Å². The molecule has 1 aliphatic carbocycles. The summed E-state index contributed by atoms with van der Waals surface area (Å²) >= 11 is 3.87. The van der Waals surface area contributed by atoms with Crippen LogP contribution in [0, 0.1) is 11.8 Å². The van der Waals surface area contributed by atoms with Crippen LogP contribution in [0.5, 0.6) is 0 Å². The highest BCUT2D eigenvalue weighted by atomic mass is 79.9. The number of nitrogens with zero attached hydrogens (tertiary/aromatic N) is 3. The third-order valence-corrected chi connectivity index (χ3v) is 10.3. The number of carbonyl (C=O) groups excluding carboxylic acids is 1. The minimum atomic E-state index is -1.05. The summed E-state index contributed by atoms with van der Waals surface area (Å²) in [7, 11) is 1.39. The number of halogens is 1. The minimum Gasteiger partial charge on any atom is -0.511 e. The van der Waals surface area contributed by atoms with Crippen molar-refractivity contribution in [3.8, 4) is 0 Å². The lowest BCUT2D eigenvalue weighted by atomic mass is 9.86. The van der Waals surface area contributed by atoms with E-state index in [0.717, 1.165) is 84.6 Å². The fraction of sp³-hybridized carbons (Fsp3) is 0.343. The number of aliphatic hydroxyl groups is 1. The normalized spacial score (nSPS) is 24.2. The van der Waals surface area contributed by atoms with Crippen LogP contribution in [-0.4, -0.2) is 46.4 Å². The van der Waals surface area contributed by atoms with Gasteiger partial charge >= 0.3 is 11.9 Å². The van der Waals surface area contributed by atoms with Crippen LogP contribution in [0.1, 0.15) is 60.3 Å². The molecular weight excluding hydrogens is 636 g/mol. The van der Waals surface area contributed by atoms with E-state index < -0.39 is 5.97 Å². The van der Waals surface area contributed by atoms with Crippen molar-refractivity contribution >= 4 is 45.0 Å². The van der Waals surface area contributed by atoms with Gasteiger partial charge in [0.05, 0.1) is 45.8 Å². The fourth-order valence-electron chi connectivity index (χ4n) is 6.96. The van der Waals surface area contributed by atoms with Gasteiger partial charge in [-0.15, -0.1) is 0 Å². The SMILES string of the molecule is CCC1=C(C)C2=NC1=CC1=C(C)C3=C(O)CC(=C4NC(=C(Br)C5=NC(=C2)C(/C=C\C(=O)O)=C5C)[C@@H](C)[C@@H]4CCC(=O)OC)C3=N1. The maximum absolute atomic E-state index is 12.3.